The van der Waals surface area contributed by atoms with Crippen molar-refractivity contribution in [2.24, 2.45) is 0 Å². The highest BCUT2D eigenvalue weighted by Gasteiger charge is 2.13. The second-order valence-electron chi connectivity index (χ2n) is 4.67. The summed E-state index contributed by atoms with van der Waals surface area (Å²) in [6.07, 6.45) is 1.06. The Morgan fingerprint density at radius 1 is 1.05 bits per heavy atom. The predicted molar refractivity (Wildman–Crippen MR) is 87.3 cm³/mol. The zero-order chi connectivity index (χ0) is 15.8. The molecule has 1 aromatic carbocycles. The molecule has 0 atom stereocenters. The topological polar surface area (TPSA) is 75.3 Å². The van der Waals surface area contributed by atoms with E-state index in [0.29, 0.717) is 12.8 Å². The molecule has 0 saturated heterocycles. The molecule has 2 rings (SSSR count). The highest BCUT2D eigenvalue weighted by molar-refractivity contribution is 7.91. The van der Waals surface area contributed by atoms with E-state index in [1.54, 1.807) is 17.5 Å². The molecule has 118 valence electrons. The van der Waals surface area contributed by atoms with Crippen LogP contribution in [0.4, 0.5) is 0 Å². The van der Waals surface area contributed by atoms with Gasteiger partial charge in [0.1, 0.15) is 4.21 Å². The van der Waals surface area contributed by atoms with E-state index < -0.39 is 10.0 Å². The number of hydrogen-bond donors (Lipinski definition) is 2. The maximum Gasteiger partial charge on any atom is 0.250 e. The fourth-order valence-corrected chi connectivity index (χ4v) is 3.94. The Kier molecular flexibility index (Phi) is 6.11. The quantitative estimate of drug-likeness (QED) is 0.721. The smallest absolute Gasteiger partial charge is 0.250 e. The van der Waals surface area contributed by atoms with E-state index in [0.717, 1.165) is 16.9 Å². The van der Waals surface area contributed by atoms with Gasteiger partial charge in [-0.15, -0.1) is 11.3 Å². The molecule has 0 aliphatic rings. The second kappa shape index (κ2) is 8.07. The first-order valence-corrected chi connectivity index (χ1v) is 9.28. The Hall–Kier alpha value is -1.70. The van der Waals surface area contributed by atoms with Crippen molar-refractivity contribution in [2.45, 2.75) is 17.1 Å². The zero-order valence-electron chi connectivity index (χ0n) is 12.0. The van der Waals surface area contributed by atoms with E-state index in [-0.39, 0.29) is 23.2 Å². The molecule has 0 spiro atoms. The normalized spacial score (nSPS) is 11.3. The van der Waals surface area contributed by atoms with Crippen molar-refractivity contribution >= 4 is 27.3 Å². The highest BCUT2D eigenvalue weighted by Crippen LogP contribution is 2.14. The van der Waals surface area contributed by atoms with Crippen molar-refractivity contribution in [3.05, 3.63) is 53.4 Å². The number of carbonyl (C=O) groups excluding carboxylic acids is 1. The Labute approximate surface area is 134 Å². The minimum atomic E-state index is -3.45. The summed E-state index contributed by atoms with van der Waals surface area (Å²) in [5, 5.41) is 4.42. The van der Waals surface area contributed by atoms with Gasteiger partial charge < -0.3 is 5.32 Å². The van der Waals surface area contributed by atoms with Crippen LogP contribution >= 0.6 is 11.3 Å². The van der Waals surface area contributed by atoms with Crippen LogP contribution in [0.2, 0.25) is 0 Å². The molecular formula is C15H18N2O3S2. The third kappa shape index (κ3) is 5.25. The first kappa shape index (κ1) is 16.7. The minimum Gasteiger partial charge on any atom is -0.355 e. The molecule has 0 fully saturated rings. The maximum atomic E-state index is 11.8. The molecule has 1 heterocycles. The van der Waals surface area contributed by atoms with Gasteiger partial charge in [-0.3, -0.25) is 4.79 Å². The van der Waals surface area contributed by atoms with Crippen LogP contribution in [0.3, 0.4) is 0 Å². The van der Waals surface area contributed by atoms with Gasteiger partial charge in [-0.2, -0.15) is 0 Å². The van der Waals surface area contributed by atoms with Crippen molar-refractivity contribution < 1.29 is 13.2 Å². The van der Waals surface area contributed by atoms with Crippen LogP contribution in [0.1, 0.15) is 12.0 Å². The average Bonchev–Trinajstić information content (AvgIpc) is 3.06. The summed E-state index contributed by atoms with van der Waals surface area (Å²) in [6, 6.07) is 13.0. The van der Waals surface area contributed by atoms with Gasteiger partial charge in [0.15, 0.2) is 0 Å². The Morgan fingerprint density at radius 2 is 1.82 bits per heavy atom. The van der Waals surface area contributed by atoms with Gasteiger partial charge in [0, 0.05) is 19.5 Å². The molecule has 1 amide bonds. The van der Waals surface area contributed by atoms with Crippen LogP contribution in [0, 0.1) is 0 Å². The summed E-state index contributed by atoms with van der Waals surface area (Å²) in [5.41, 5.74) is 1.11. The van der Waals surface area contributed by atoms with Gasteiger partial charge in [-0.25, -0.2) is 13.1 Å². The van der Waals surface area contributed by atoms with Crippen molar-refractivity contribution in [1.82, 2.24) is 10.0 Å². The third-order valence-electron chi connectivity index (χ3n) is 2.98. The molecule has 1 aromatic heterocycles. The number of carbonyl (C=O) groups is 1. The summed E-state index contributed by atoms with van der Waals surface area (Å²) in [5.74, 6) is -0.0841. The molecule has 0 aliphatic carbocycles. The van der Waals surface area contributed by atoms with Crippen LogP contribution in [-0.2, 0) is 21.2 Å². The number of nitrogens with one attached hydrogen (secondary N) is 2. The van der Waals surface area contributed by atoms with Crippen LogP contribution in [0.5, 0.6) is 0 Å². The minimum absolute atomic E-state index is 0.0841. The van der Waals surface area contributed by atoms with Crippen LogP contribution < -0.4 is 10.0 Å². The lowest BCUT2D eigenvalue weighted by Crippen LogP contribution is -2.34. The summed E-state index contributed by atoms with van der Waals surface area (Å²) in [7, 11) is -3.45. The SMILES string of the molecule is O=C(CCc1ccccc1)NCCNS(=O)(=O)c1cccs1. The van der Waals surface area contributed by atoms with Gasteiger partial charge in [-0.05, 0) is 23.4 Å². The number of sulfonamides is 1. The lowest BCUT2D eigenvalue weighted by atomic mass is 10.1. The summed E-state index contributed by atoms with van der Waals surface area (Å²) >= 11 is 1.16. The molecule has 0 saturated carbocycles. The number of hydrogen-bond acceptors (Lipinski definition) is 4. The second-order valence-corrected chi connectivity index (χ2v) is 7.61. The third-order valence-corrected chi connectivity index (χ3v) is 5.84. The molecule has 2 aromatic rings. The number of amides is 1. The van der Waals surface area contributed by atoms with E-state index in [2.05, 4.69) is 10.0 Å². The number of benzene rings is 1. The van der Waals surface area contributed by atoms with Crippen LogP contribution in [0.25, 0.3) is 0 Å². The molecule has 7 heteroatoms. The summed E-state index contributed by atoms with van der Waals surface area (Å²) in [6.45, 7) is 0.454. The number of rotatable bonds is 8. The number of aryl methyl sites for hydroxylation is 1. The average molecular weight is 338 g/mol. The highest BCUT2D eigenvalue weighted by atomic mass is 32.2. The van der Waals surface area contributed by atoms with Crippen molar-refractivity contribution in [3.8, 4) is 0 Å². The molecule has 22 heavy (non-hydrogen) atoms. The van der Waals surface area contributed by atoms with E-state index in [1.807, 2.05) is 30.3 Å². The molecule has 0 radical (unpaired) electrons. The molecule has 0 bridgehead atoms. The standard InChI is InChI=1S/C15H18N2O3S2/c18-14(9-8-13-5-2-1-3-6-13)16-10-11-17-22(19,20)15-7-4-12-21-15/h1-7,12,17H,8-11H2,(H,16,18). The molecule has 2 N–H and O–H groups in total. The van der Waals surface area contributed by atoms with Crippen LogP contribution in [-0.4, -0.2) is 27.4 Å². The summed E-state index contributed by atoms with van der Waals surface area (Å²) in [4.78, 5) is 11.7. The lowest BCUT2D eigenvalue weighted by molar-refractivity contribution is -0.121. The van der Waals surface area contributed by atoms with Crippen molar-refractivity contribution in [2.75, 3.05) is 13.1 Å². The zero-order valence-corrected chi connectivity index (χ0v) is 13.6. The largest absolute Gasteiger partial charge is 0.355 e. The van der Waals surface area contributed by atoms with Crippen molar-refractivity contribution in [3.63, 3.8) is 0 Å². The molecule has 0 aliphatic heterocycles. The van der Waals surface area contributed by atoms with Crippen molar-refractivity contribution in [1.29, 1.82) is 0 Å². The van der Waals surface area contributed by atoms with E-state index in [4.69, 9.17) is 0 Å². The van der Waals surface area contributed by atoms with E-state index in [9.17, 15) is 13.2 Å². The van der Waals surface area contributed by atoms with Gasteiger partial charge >= 0.3 is 0 Å². The first-order chi connectivity index (χ1) is 10.6. The predicted octanol–water partition coefficient (Wildman–Crippen LogP) is 1.78. The number of thiophene rings is 1. The Balaban J connectivity index is 1.65. The van der Waals surface area contributed by atoms with E-state index in [1.165, 1.54) is 0 Å². The Morgan fingerprint density at radius 3 is 2.50 bits per heavy atom. The van der Waals surface area contributed by atoms with Gasteiger partial charge in [0.2, 0.25) is 15.9 Å². The first-order valence-electron chi connectivity index (χ1n) is 6.92. The lowest BCUT2D eigenvalue weighted by Gasteiger charge is -2.07. The molecule has 0 unspecified atom stereocenters. The fourth-order valence-electron chi connectivity index (χ4n) is 1.87. The fraction of sp³-hybridized carbons (Fsp3) is 0.267. The van der Waals surface area contributed by atoms with E-state index >= 15 is 0 Å². The summed E-state index contributed by atoms with van der Waals surface area (Å²) < 4.78 is 26.4. The monoisotopic (exact) mass is 338 g/mol. The van der Waals surface area contributed by atoms with Gasteiger partial charge in [0.05, 0.1) is 0 Å². The molecular weight excluding hydrogens is 320 g/mol. The van der Waals surface area contributed by atoms with Gasteiger partial charge in [-0.1, -0.05) is 36.4 Å². The molecule has 5 nitrogen and oxygen atoms in total. The van der Waals surface area contributed by atoms with Gasteiger partial charge in [0.25, 0.3) is 0 Å². The maximum absolute atomic E-state index is 11.8. The van der Waals surface area contributed by atoms with Crippen LogP contribution in [0.15, 0.2) is 52.1 Å². The Bertz CT molecular complexity index is 683.